The van der Waals surface area contributed by atoms with Crippen molar-refractivity contribution < 1.29 is 9.53 Å². The Labute approximate surface area is 99.4 Å². The lowest BCUT2D eigenvalue weighted by Crippen LogP contribution is -2.09. The number of nitrogen functional groups attached to an aromatic ring is 1. The van der Waals surface area contributed by atoms with Gasteiger partial charge < -0.3 is 10.5 Å². The zero-order chi connectivity index (χ0) is 12.4. The summed E-state index contributed by atoms with van der Waals surface area (Å²) < 4.78 is 4.96. The fourth-order valence-electron chi connectivity index (χ4n) is 1.71. The van der Waals surface area contributed by atoms with Gasteiger partial charge in [0.25, 0.3) is 0 Å². The van der Waals surface area contributed by atoms with Crippen molar-refractivity contribution in [1.82, 2.24) is 4.98 Å². The third kappa shape index (κ3) is 2.20. The summed E-state index contributed by atoms with van der Waals surface area (Å²) in [7, 11) is 0. The normalized spacial score (nSPS) is 10.5. The molecular weight excluding hydrogens is 216 g/mol. The van der Waals surface area contributed by atoms with E-state index >= 15 is 0 Å². The summed E-state index contributed by atoms with van der Waals surface area (Å²) in [6, 6.07) is 7.29. The number of hydrogen-bond donors (Lipinski definition) is 1. The minimum atomic E-state index is -0.385. The Balaban J connectivity index is 2.55. The topological polar surface area (TPSA) is 65.2 Å². The molecule has 4 heteroatoms. The van der Waals surface area contributed by atoms with Crippen molar-refractivity contribution in [2.45, 2.75) is 13.8 Å². The molecule has 1 aromatic heterocycles. The number of nitrogens with two attached hydrogens (primary N) is 1. The predicted molar refractivity (Wildman–Crippen MR) is 66.8 cm³/mol. The van der Waals surface area contributed by atoms with Crippen LogP contribution in [0.2, 0.25) is 0 Å². The van der Waals surface area contributed by atoms with E-state index in [1.165, 1.54) is 0 Å². The van der Waals surface area contributed by atoms with Gasteiger partial charge in [-0.2, -0.15) is 0 Å². The lowest BCUT2D eigenvalue weighted by Gasteiger charge is -2.07. The number of fused-ring (bicyclic) bond motifs is 1. The van der Waals surface area contributed by atoms with E-state index in [-0.39, 0.29) is 5.97 Å². The van der Waals surface area contributed by atoms with E-state index < -0.39 is 0 Å². The molecule has 0 aliphatic rings. The van der Waals surface area contributed by atoms with Crippen molar-refractivity contribution >= 4 is 22.6 Å². The van der Waals surface area contributed by atoms with Crippen LogP contribution in [-0.2, 0) is 4.74 Å². The van der Waals surface area contributed by atoms with Crippen LogP contribution in [0, 0.1) is 6.92 Å². The number of carbonyl (C=O) groups is 1. The summed E-state index contributed by atoms with van der Waals surface area (Å²) >= 11 is 0. The molecule has 88 valence electrons. The van der Waals surface area contributed by atoms with Crippen LogP contribution in [0.25, 0.3) is 10.9 Å². The molecule has 0 unspecified atom stereocenters. The first-order valence-corrected chi connectivity index (χ1v) is 5.46. The van der Waals surface area contributed by atoms with Crippen molar-refractivity contribution in [2.24, 2.45) is 0 Å². The number of pyridine rings is 1. The van der Waals surface area contributed by atoms with Gasteiger partial charge in [0.15, 0.2) is 5.69 Å². The monoisotopic (exact) mass is 230 g/mol. The van der Waals surface area contributed by atoms with E-state index in [2.05, 4.69) is 4.98 Å². The fourth-order valence-corrected chi connectivity index (χ4v) is 1.71. The smallest absolute Gasteiger partial charge is 0.357 e. The van der Waals surface area contributed by atoms with Crippen LogP contribution in [-0.4, -0.2) is 17.6 Å². The van der Waals surface area contributed by atoms with Gasteiger partial charge in [-0.25, -0.2) is 9.78 Å². The first-order valence-electron chi connectivity index (χ1n) is 5.46. The maximum Gasteiger partial charge on any atom is 0.357 e. The highest BCUT2D eigenvalue weighted by Crippen LogP contribution is 2.19. The summed E-state index contributed by atoms with van der Waals surface area (Å²) in [5.41, 5.74) is 8.28. The van der Waals surface area contributed by atoms with Gasteiger partial charge >= 0.3 is 5.97 Å². The number of aromatic nitrogens is 1. The molecule has 4 nitrogen and oxygen atoms in total. The Hall–Kier alpha value is -2.10. The molecule has 0 saturated carbocycles. The SMILES string of the molecule is CCOC(=O)c1nc2ccc(N)cc2cc1C. The number of hydrogen-bond acceptors (Lipinski definition) is 4. The molecule has 0 aliphatic carbocycles. The number of benzene rings is 1. The first-order chi connectivity index (χ1) is 8.11. The van der Waals surface area contributed by atoms with E-state index in [1.54, 1.807) is 19.1 Å². The van der Waals surface area contributed by atoms with Crippen molar-refractivity contribution in [1.29, 1.82) is 0 Å². The Morgan fingerprint density at radius 2 is 2.18 bits per heavy atom. The molecule has 0 amide bonds. The van der Waals surface area contributed by atoms with Crippen LogP contribution < -0.4 is 5.73 Å². The van der Waals surface area contributed by atoms with E-state index in [4.69, 9.17) is 10.5 Å². The van der Waals surface area contributed by atoms with Crippen molar-refractivity contribution in [2.75, 3.05) is 12.3 Å². The summed E-state index contributed by atoms with van der Waals surface area (Å²) in [6.45, 7) is 3.95. The van der Waals surface area contributed by atoms with E-state index in [9.17, 15) is 4.79 Å². The Bertz CT molecular complexity index is 579. The molecule has 17 heavy (non-hydrogen) atoms. The predicted octanol–water partition coefficient (Wildman–Crippen LogP) is 2.30. The number of anilines is 1. The Morgan fingerprint density at radius 3 is 2.88 bits per heavy atom. The number of ether oxygens (including phenoxy) is 1. The van der Waals surface area contributed by atoms with E-state index in [0.717, 1.165) is 16.5 Å². The molecule has 1 aromatic carbocycles. The molecule has 2 aromatic rings. The standard InChI is InChI=1S/C13H14N2O2/c1-3-17-13(16)12-8(2)6-9-7-10(14)4-5-11(9)15-12/h4-7H,3,14H2,1-2H3. The van der Waals surface area contributed by atoms with E-state index in [1.807, 2.05) is 19.1 Å². The molecule has 0 atom stereocenters. The average molecular weight is 230 g/mol. The van der Waals surface area contributed by atoms with Gasteiger partial charge in [-0.3, -0.25) is 0 Å². The number of aryl methyl sites for hydroxylation is 1. The third-order valence-corrected chi connectivity index (χ3v) is 2.50. The molecule has 2 N–H and O–H groups in total. The molecule has 0 radical (unpaired) electrons. The second-order valence-corrected chi connectivity index (χ2v) is 3.83. The number of esters is 1. The highest BCUT2D eigenvalue weighted by molar-refractivity contribution is 5.93. The van der Waals surface area contributed by atoms with Crippen LogP contribution in [0.1, 0.15) is 23.0 Å². The minimum Gasteiger partial charge on any atom is -0.461 e. The van der Waals surface area contributed by atoms with Crippen molar-refractivity contribution in [3.8, 4) is 0 Å². The summed E-state index contributed by atoms with van der Waals surface area (Å²) in [5.74, 6) is -0.385. The van der Waals surface area contributed by atoms with Gasteiger partial charge in [0, 0.05) is 11.1 Å². The maximum atomic E-state index is 11.7. The molecule has 0 saturated heterocycles. The largest absolute Gasteiger partial charge is 0.461 e. The zero-order valence-corrected chi connectivity index (χ0v) is 9.86. The quantitative estimate of drug-likeness (QED) is 0.635. The van der Waals surface area contributed by atoms with Crippen LogP contribution in [0.5, 0.6) is 0 Å². The molecule has 0 aliphatic heterocycles. The first kappa shape index (κ1) is 11.4. The average Bonchev–Trinajstić information content (AvgIpc) is 2.28. The molecule has 0 bridgehead atoms. The molecule has 0 fully saturated rings. The molecule has 1 heterocycles. The van der Waals surface area contributed by atoms with Gasteiger partial charge in [0.05, 0.1) is 12.1 Å². The molecular formula is C13H14N2O2. The maximum absolute atomic E-state index is 11.7. The van der Waals surface area contributed by atoms with Gasteiger partial charge in [0.2, 0.25) is 0 Å². The number of carbonyl (C=O) groups excluding carboxylic acids is 1. The van der Waals surface area contributed by atoms with Crippen molar-refractivity contribution in [3.63, 3.8) is 0 Å². The third-order valence-electron chi connectivity index (χ3n) is 2.50. The number of rotatable bonds is 2. The highest BCUT2D eigenvalue weighted by Gasteiger charge is 2.13. The van der Waals surface area contributed by atoms with Crippen LogP contribution in [0.15, 0.2) is 24.3 Å². The summed E-state index contributed by atoms with van der Waals surface area (Å²) in [6.07, 6.45) is 0. The lowest BCUT2D eigenvalue weighted by atomic mass is 10.1. The Morgan fingerprint density at radius 1 is 1.41 bits per heavy atom. The van der Waals surface area contributed by atoms with Gasteiger partial charge in [-0.1, -0.05) is 0 Å². The molecule has 0 spiro atoms. The second kappa shape index (κ2) is 4.41. The van der Waals surface area contributed by atoms with Gasteiger partial charge in [-0.05, 0) is 43.7 Å². The van der Waals surface area contributed by atoms with Gasteiger partial charge in [-0.15, -0.1) is 0 Å². The van der Waals surface area contributed by atoms with Gasteiger partial charge in [0.1, 0.15) is 0 Å². The minimum absolute atomic E-state index is 0.347. The van der Waals surface area contributed by atoms with Crippen molar-refractivity contribution in [3.05, 3.63) is 35.5 Å². The number of nitrogens with zero attached hydrogens (tertiary/aromatic N) is 1. The van der Waals surface area contributed by atoms with E-state index in [0.29, 0.717) is 18.0 Å². The second-order valence-electron chi connectivity index (χ2n) is 3.83. The fraction of sp³-hybridized carbons (Fsp3) is 0.231. The zero-order valence-electron chi connectivity index (χ0n) is 9.86. The Kier molecular flexibility index (Phi) is 2.95. The van der Waals surface area contributed by atoms with Crippen LogP contribution in [0.3, 0.4) is 0 Å². The summed E-state index contributed by atoms with van der Waals surface area (Å²) in [4.78, 5) is 16.0. The van der Waals surface area contributed by atoms with Crippen LogP contribution >= 0.6 is 0 Å². The summed E-state index contributed by atoms with van der Waals surface area (Å²) in [5, 5.41) is 0.926. The molecule has 2 rings (SSSR count). The lowest BCUT2D eigenvalue weighted by molar-refractivity contribution is 0.0519. The highest BCUT2D eigenvalue weighted by atomic mass is 16.5. The van der Waals surface area contributed by atoms with Crippen LogP contribution in [0.4, 0.5) is 5.69 Å².